The van der Waals surface area contributed by atoms with E-state index in [0.717, 1.165) is 16.0 Å². The number of phenols is 1. The van der Waals surface area contributed by atoms with E-state index in [1.165, 1.54) is 38.9 Å². The maximum Gasteiger partial charge on any atom is 0.216 e. The summed E-state index contributed by atoms with van der Waals surface area (Å²) in [7, 11) is 0. The largest absolute Gasteiger partial charge is 0.508 e. The van der Waals surface area contributed by atoms with Crippen LogP contribution in [0.15, 0.2) is 24.3 Å². The minimum absolute atomic E-state index is 0.218. The second-order valence-electron chi connectivity index (χ2n) is 5.87. The van der Waals surface area contributed by atoms with Crippen LogP contribution in [0.1, 0.15) is 29.6 Å². The number of carbonyl (C=O) groups is 1. The fraction of sp³-hybridized carbons (Fsp3) is 0.533. The van der Waals surface area contributed by atoms with E-state index in [0.29, 0.717) is 6.54 Å². The third kappa shape index (κ3) is 2.15. The number of phenolic OH excluding ortho intramolecular Hbond substituents is 1. The van der Waals surface area contributed by atoms with E-state index in [9.17, 15) is 9.90 Å². The zero-order chi connectivity index (χ0) is 12.6. The lowest BCUT2D eigenvalue weighted by Gasteiger charge is -2.48. The average Bonchev–Trinajstić information content (AvgIpc) is 2.41. The molecule has 0 aromatic heterocycles. The predicted octanol–water partition coefficient (Wildman–Crippen LogP) is 2.21. The SMILES string of the molecule is O=C(C[N+]12CCC(CC1)CC2)c1ccc(O)cc1. The van der Waals surface area contributed by atoms with Crippen molar-refractivity contribution >= 4 is 5.78 Å². The van der Waals surface area contributed by atoms with Gasteiger partial charge >= 0.3 is 0 Å². The van der Waals surface area contributed by atoms with Crippen molar-refractivity contribution in [2.75, 3.05) is 26.2 Å². The number of benzene rings is 1. The Labute approximate surface area is 108 Å². The van der Waals surface area contributed by atoms with Gasteiger partial charge in [-0.2, -0.15) is 0 Å². The van der Waals surface area contributed by atoms with Crippen molar-refractivity contribution in [1.29, 1.82) is 0 Å². The summed E-state index contributed by atoms with van der Waals surface area (Å²) >= 11 is 0. The van der Waals surface area contributed by atoms with Gasteiger partial charge in [0.2, 0.25) is 5.78 Å². The van der Waals surface area contributed by atoms with Crippen molar-refractivity contribution in [3.8, 4) is 5.75 Å². The Balaban J connectivity index is 1.72. The molecule has 0 radical (unpaired) electrons. The molecule has 0 aliphatic carbocycles. The van der Waals surface area contributed by atoms with E-state index >= 15 is 0 Å². The highest BCUT2D eigenvalue weighted by atomic mass is 16.3. The standard InChI is InChI=1S/C15H19NO2/c17-14-3-1-13(2-4-14)15(18)11-16-8-5-12(6-9-16)7-10-16/h1-4,12H,5-11H2/p+1. The van der Waals surface area contributed by atoms with Crippen molar-refractivity contribution in [2.24, 2.45) is 5.92 Å². The topological polar surface area (TPSA) is 37.3 Å². The van der Waals surface area contributed by atoms with Crippen LogP contribution >= 0.6 is 0 Å². The molecule has 0 atom stereocenters. The molecule has 96 valence electrons. The molecule has 1 N–H and O–H groups in total. The molecule has 1 aromatic rings. The fourth-order valence-electron chi connectivity index (χ4n) is 3.42. The highest BCUT2D eigenvalue weighted by Gasteiger charge is 2.40. The number of ketones is 1. The van der Waals surface area contributed by atoms with E-state index in [-0.39, 0.29) is 11.5 Å². The van der Waals surface area contributed by atoms with Gasteiger partial charge in [-0.1, -0.05) is 0 Å². The number of Topliss-reactive ketones (excluding diaryl/α,β-unsaturated/α-hetero) is 1. The van der Waals surface area contributed by atoms with Gasteiger partial charge in [0.1, 0.15) is 12.3 Å². The molecule has 18 heavy (non-hydrogen) atoms. The summed E-state index contributed by atoms with van der Waals surface area (Å²) in [4.78, 5) is 12.3. The molecule has 0 amide bonds. The zero-order valence-corrected chi connectivity index (χ0v) is 10.6. The summed E-state index contributed by atoms with van der Waals surface area (Å²) in [6, 6.07) is 6.64. The number of hydrogen-bond acceptors (Lipinski definition) is 2. The first-order valence-corrected chi connectivity index (χ1v) is 6.84. The lowest BCUT2D eigenvalue weighted by atomic mass is 9.85. The number of quaternary nitrogens is 1. The fourth-order valence-corrected chi connectivity index (χ4v) is 3.42. The average molecular weight is 246 g/mol. The zero-order valence-electron chi connectivity index (χ0n) is 10.6. The Bertz CT molecular complexity index is 430. The van der Waals surface area contributed by atoms with E-state index in [1.54, 1.807) is 24.3 Å². The van der Waals surface area contributed by atoms with Crippen LogP contribution in [0.2, 0.25) is 0 Å². The van der Waals surface area contributed by atoms with Crippen LogP contribution in [-0.2, 0) is 0 Å². The molecule has 3 saturated heterocycles. The summed E-state index contributed by atoms with van der Waals surface area (Å²) in [6.45, 7) is 4.16. The van der Waals surface area contributed by atoms with Crippen LogP contribution in [0.5, 0.6) is 5.75 Å². The first kappa shape index (κ1) is 11.7. The van der Waals surface area contributed by atoms with Crippen molar-refractivity contribution in [3.05, 3.63) is 29.8 Å². The number of rotatable bonds is 3. The van der Waals surface area contributed by atoms with Gasteiger partial charge in [0.05, 0.1) is 19.6 Å². The Morgan fingerprint density at radius 2 is 1.67 bits per heavy atom. The number of piperidine rings is 3. The lowest BCUT2D eigenvalue weighted by molar-refractivity contribution is -0.935. The molecule has 0 spiro atoms. The molecule has 0 saturated carbocycles. The number of hydrogen-bond donors (Lipinski definition) is 1. The molecule has 3 nitrogen and oxygen atoms in total. The van der Waals surface area contributed by atoms with Gasteiger partial charge in [-0.3, -0.25) is 4.79 Å². The highest BCUT2D eigenvalue weighted by molar-refractivity contribution is 5.97. The summed E-state index contributed by atoms with van der Waals surface area (Å²) in [5.74, 6) is 1.36. The predicted molar refractivity (Wildman–Crippen MR) is 69.5 cm³/mol. The number of nitrogens with zero attached hydrogens (tertiary/aromatic N) is 1. The van der Waals surface area contributed by atoms with E-state index in [2.05, 4.69) is 0 Å². The second-order valence-corrected chi connectivity index (χ2v) is 5.87. The summed E-state index contributed by atoms with van der Waals surface area (Å²) in [6.07, 6.45) is 3.88. The molecule has 2 bridgehead atoms. The molecule has 1 aromatic carbocycles. The molecule has 3 aliphatic rings. The van der Waals surface area contributed by atoms with Crippen molar-refractivity contribution in [2.45, 2.75) is 19.3 Å². The van der Waals surface area contributed by atoms with Crippen molar-refractivity contribution < 1.29 is 14.4 Å². The molecule has 3 fully saturated rings. The first-order chi connectivity index (χ1) is 8.67. The third-order valence-electron chi connectivity index (χ3n) is 4.70. The quantitative estimate of drug-likeness (QED) is 0.656. The highest BCUT2D eigenvalue weighted by Crippen LogP contribution is 2.33. The van der Waals surface area contributed by atoms with Gasteiger partial charge < -0.3 is 9.59 Å². The van der Waals surface area contributed by atoms with Gasteiger partial charge in [-0.05, 0) is 49.4 Å². The molecular weight excluding hydrogens is 226 g/mol. The van der Waals surface area contributed by atoms with Gasteiger partial charge in [-0.25, -0.2) is 0 Å². The molecule has 0 unspecified atom stereocenters. The van der Waals surface area contributed by atoms with Crippen LogP contribution in [-0.4, -0.2) is 41.6 Å². The monoisotopic (exact) mass is 246 g/mol. The first-order valence-electron chi connectivity index (χ1n) is 6.84. The maximum absolute atomic E-state index is 12.3. The third-order valence-corrected chi connectivity index (χ3v) is 4.70. The van der Waals surface area contributed by atoms with Crippen LogP contribution in [0.25, 0.3) is 0 Å². The van der Waals surface area contributed by atoms with Crippen LogP contribution < -0.4 is 0 Å². The smallest absolute Gasteiger partial charge is 0.216 e. The minimum atomic E-state index is 0.218. The lowest BCUT2D eigenvalue weighted by Crippen LogP contribution is -2.60. The number of fused-ring (bicyclic) bond motifs is 3. The molecule has 3 heteroatoms. The Kier molecular flexibility index (Phi) is 2.86. The normalized spacial score (nSPS) is 30.3. The van der Waals surface area contributed by atoms with Crippen LogP contribution in [0.4, 0.5) is 0 Å². The van der Waals surface area contributed by atoms with Crippen LogP contribution in [0.3, 0.4) is 0 Å². The summed E-state index contributed by atoms with van der Waals surface area (Å²) < 4.78 is 0.996. The van der Waals surface area contributed by atoms with Gasteiger partial charge in [0.15, 0.2) is 0 Å². The van der Waals surface area contributed by atoms with E-state index in [4.69, 9.17) is 0 Å². The van der Waals surface area contributed by atoms with E-state index < -0.39 is 0 Å². The Hall–Kier alpha value is -1.35. The maximum atomic E-state index is 12.3. The van der Waals surface area contributed by atoms with Gasteiger partial charge in [-0.15, -0.1) is 0 Å². The van der Waals surface area contributed by atoms with Crippen molar-refractivity contribution in [3.63, 3.8) is 0 Å². The second kappa shape index (κ2) is 4.39. The van der Waals surface area contributed by atoms with Crippen LogP contribution in [0, 0.1) is 5.92 Å². The summed E-state index contributed by atoms with van der Waals surface area (Å²) in [5, 5.41) is 9.25. The van der Waals surface area contributed by atoms with Gasteiger partial charge in [0, 0.05) is 5.56 Å². The number of aromatic hydroxyl groups is 1. The molecule has 3 aliphatic heterocycles. The molecule has 4 rings (SSSR count). The Morgan fingerprint density at radius 1 is 1.11 bits per heavy atom. The van der Waals surface area contributed by atoms with E-state index in [1.807, 2.05) is 0 Å². The summed E-state index contributed by atoms with van der Waals surface area (Å²) in [5.41, 5.74) is 0.730. The molecular formula is C15H20NO2+. The molecule has 3 heterocycles. The minimum Gasteiger partial charge on any atom is -0.508 e. The number of carbonyl (C=O) groups excluding carboxylic acids is 1. The van der Waals surface area contributed by atoms with Gasteiger partial charge in [0.25, 0.3) is 0 Å². The Morgan fingerprint density at radius 3 is 2.22 bits per heavy atom. The van der Waals surface area contributed by atoms with Crippen molar-refractivity contribution in [1.82, 2.24) is 0 Å².